The SMILES string of the molecule is CC1(C(=O)O)CCC[C@@]2(C)C1CC[C@@]1(C)C3=C(CCC21)[C@H]1C[C@H](C(=O)O)[C@H]3O1. The Balaban J connectivity index is 1.56. The first-order valence-corrected chi connectivity index (χ1v) is 11.0. The fourth-order valence-electron chi connectivity index (χ4n) is 8.60. The third-order valence-electron chi connectivity index (χ3n) is 9.78. The Bertz CT molecular complexity index is 786. The topological polar surface area (TPSA) is 83.8 Å². The van der Waals surface area contributed by atoms with Crippen LogP contribution in [0.5, 0.6) is 0 Å². The number of fused-ring (bicyclic) bond motifs is 8. The Morgan fingerprint density at radius 1 is 1.04 bits per heavy atom. The Kier molecular flexibility index (Phi) is 3.74. The first-order valence-electron chi connectivity index (χ1n) is 11.0. The number of ether oxygens (including phenoxy) is 1. The van der Waals surface area contributed by atoms with Gasteiger partial charge in [-0.2, -0.15) is 0 Å². The summed E-state index contributed by atoms with van der Waals surface area (Å²) in [6, 6.07) is 0. The third-order valence-corrected chi connectivity index (χ3v) is 9.78. The van der Waals surface area contributed by atoms with E-state index >= 15 is 0 Å². The highest BCUT2D eigenvalue weighted by Gasteiger charge is 2.66. The zero-order chi connectivity index (χ0) is 20.1. The monoisotopic (exact) mass is 388 g/mol. The van der Waals surface area contributed by atoms with Gasteiger partial charge in [-0.05, 0) is 85.7 Å². The second-order valence-electron chi connectivity index (χ2n) is 10.8. The molecule has 0 radical (unpaired) electrons. The summed E-state index contributed by atoms with van der Waals surface area (Å²) in [7, 11) is 0. The van der Waals surface area contributed by atoms with Crippen LogP contribution in [-0.4, -0.2) is 34.4 Å². The zero-order valence-corrected chi connectivity index (χ0v) is 17.2. The number of carboxylic acids is 2. The van der Waals surface area contributed by atoms with Gasteiger partial charge in [0.05, 0.1) is 23.5 Å². The first kappa shape index (κ1) is 18.7. The summed E-state index contributed by atoms with van der Waals surface area (Å²) in [5.74, 6) is -1.19. The minimum Gasteiger partial charge on any atom is -0.481 e. The number of hydrogen-bond acceptors (Lipinski definition) is 3. The molecule has 2 N–H and O–H groups in total. The molecule has 3 unspecified atom stereocenters. The van der Waals surface area contributed by atoms with Crippen molar-refractivity contribution < 1.29 is 24.5 Å². The van der Waals surface area contributed by atoms with Crippen molar-refractivity contribution in [3.05, 3.63) is 11.1 Å². The van der Waals surface area contributed by atoms with Crippen LogP contribution < -0.4 is 0 Å². The molecule has 154 valence electrons. The minimum atomic E-state index is -0.735. The van der Waals surface area contributed by atoms with Crippen molar-refractivity contribution in [2.45, 2.75) is 84.3 Å². The van der Waals surface area contributed by atoms with Gasteiger partial charge in [-0.1, -0.05) is 20.3 Å². The normalized spacial score (nSPS) is 52.0. The molecule has 0 aromatic rings. The van der Waals surface area contributed by atoms with E-state index in [0.29, 0.717) is 12.3 Å². The van der Waals surface area contributed by atoms with E-state index in [1.807, 2.05) is 6.92 Å². The lowest BCUT2D eigenvalue weighted by atomic mass is 9.39. The second kappa shape index (κ2) is 5.62. The van der Waals surface area contributed by atoms with Crippen LogP contribution in [0.3, 0.4) is 0 Å². The molecule has 8 atom stereocenters. The Morgan fingerprint density at radius 3 is 2.46 bits per heavy atom. The van der Waals surface area contributed by atoms with Gasteiger partial charge >= 0.3 is 11.9 Å². The van der Waals surface area contributed by atoms with Gasteiger partial charge in [0.1, 0.15) is 0 Å². The summed E-state index contributed by atoms with van der Waals surface area (Å²) in [5, 5.41) is 19.8. The van der Waals surface area contributed by atoms with Crippen molar-refractivity contribution in [3.63, 3.8) is 0 Å². The van der Waals surface area contributed by atoms with Crippen molar-refractivity contribution in [1.82, 2.24) is 0 Å². The van der Waals surface area contributed by atoms with Crippen molar-refractivity contribution in [2.75, 3.05) is 0 Å². The lowest BCUT2D eigenvalue weighted by Crippen LogP contribution is -2.59. The molecule has 2 heterocycles. The predicted octanol–water partition coefficient (Wildman–Crippen LogP) is 4.26. The Morgan fingerprint density at radius 2 is 1.79 bits per heavy atom. The fourth-order valence-corrected chi connectivity index (χ4v) is 8.60. The molecule has 1 saturated heterocycles. The van der Waals surface area contributed by atoms with E-state index in [0.717, 1.165) is 44.9 Å². The number of hydrogen-bond donors (Lipinski definition) is 2. The van der Waals surface area contributed by atoms with Gasteiger partial charge in [0.15, 0.2) is 0 Å². The van der Waals surface area contributed by atoms with E-state index in [4.69, 9.17) is 4.74 Å². The molecule has 5 heteroatoms. The molecular formula is C23H32O5. The van der Waals surface area contributed by atoms with Crippen LogP contribution in [-0.2, 0) is 14.3 Å². The van der Waals surface area contributed by atoms with E-state index < -0.39 is 23.3 Å². The number of aliphatic carboxylic acids is 2. The molecular weight excluding hydrogens is 356 g/mol. The predicted molar refractivity (Wildman–Crippen MR) is 103 cm³/mol. The maximum atomic E-state index is 12.2. The van der Waals surface area contributed by atoms with E-state index in [9.17, 15) is 19.8 Å². The van der Waals surface area contributed by atoms with Crippen molar-refractivity contribution in [2.24, 2.45) is 34.0 Å². The van der Waals surface area contributed by atoms with Crippen LogP contribution in [0.2, 0.25) is 0 Å². The van der Waals surface area contributed by atoms with E-state index in [2.05, 4.69) is 13.8 Å². The smallest absolute Gasteiger partial charge is 0.309 e. The van der Waals surface area contributed by atoms with Gasteiger partial charge < -0.3 is 14.9 Å². The lowest BCUT2D eigenvalue weighted by molar-refractivity contribution is -0.176. The highest BCUT2D eigenvalue weighted by Crippen LogP contribution is 2.70. The van der Waals surface area contributed by atoms with Gasteiger partial charge in [-0.15, -0.1) is 0 Å². The van der Waals surface area contributed by atoms with Crippen molar-refractivity contribution in [1.29, 1.82) is 0 Å². The highest BCUT2D eigenvalue weighted by atomic mass is 16.5. The van der Waals surface area contributed by atoms with E-state index in [1.165, 1.54) is 11.1 Å². The number of carbonyl (C=O) groups is 2. The Hall–Kier alpha value is -1.36. The molecule has 28 heavy (non-hydrogen) atoms. The summed E-state index contributed by atoms with van der Waals surface area (Å²) in [6.07, 6.45) is 7.13. The molecule has 2 saturated carbocycles. The van der Waals surface area contributed by atoms with E-state index in [-0.39, 0.29) is 29.0 Å². The standard InChI is InChI=1S/C23H32O5/c1-21-8-4-9-23(3,20(26)27)16(21)7-10-22(2)15(21)6-5-12-14-11-13(19(24)25)18(28-14)17(12)22/h13-16,18H,4-11H2,1-3H3,(H,24,25)(H,26,27)/t13-,14+,15?,16?,18+,21+,22+,23?/m0/s1. The van der Waals surface area contributed by atoms with Crippen molar-refractivity contribution >= 4 is 11.9 Å². The van der Waals surface area contributed by atoms with Crippen LogP contribution >= 0.6 is 0 Å². The van der Waals surface area contributed by atoms with Crippen LogP contribution in [0.15, 0.2) is 11.1 Å². The average molecular weight is 389 g/mol. The second-order valence-corrected chi connectivity index (χ2v) is 10.8. The number of rotatable bonds is 2. The van der Waals surface area contributed by atoms with Crippen LogP contribution in [0.1, 0.15) is 72.1 Å². The molecule has 0 spiro atoms. The molecule has 3 aliphatic carbocycles. The third kappa shape index (κ3) is 2.07. The molecule has 5 nitrogen and oxygen atoms in total. The van der Waals surface area contributed by atoms with E-state index in [1.54, 1.807) is 0 Å². The average Bonchev–Trinajstić information content (AvgIpc) is 3.20. The minimum absolute atomic E-state index is 0.0000425. The summed E-state index contributed by atoms with van der Waals surface area (Å²) in [5.41, 5.74) is 1.99. The molecule has 0 aromatic carbocycles. The largest absolute Gasteiger partial charge is 0.481 e. The summed E-state index contributed by atoms with van der Waals surface area (Å²) < 4.78 is 6.21. The van der Waals surface area contributed by atoms with Gasteiger partial charge in [0, 0.05) is 0 Å². The zero-order valence-electron chi connectivity index (χ0n) is 17.2. The fraction of sp³-hybridized carbons (Fsp3) is 0.826. The summed E-state index contributed by atoms with van der Waals surface area (Å²) in [6.45, 7) is 6.65. The highest BCUT2D eigenvalue weighted by molar-refractivity contribution is 5.75. The van der Waals surface area contributed by atoms with Crippen LogP contribution in [0.25, 0.3) is 0 Å². The lowest BCUT2D eigenvalue weighted by Gasteiger charge is -2.64. The molecule has 0 aromatic heterocycles. The molecule has 0 amide bonds. The van der Waals surface area contributed by atoms with Gasteiger partial charge in [0.2, 0.25) is 0 Å². The Labute approximate surface area is 166 Å². The first-order chi connectivity index (χ1) is 13.1. The van der Waals surface area contributed by atoms with Gasteiger partial charge in [0.25, 0.3) is 0 Å². The van der Waals surface area contributed by atoms with Crippen molar-refractivity contribution in [3.8, 4) is 0 Å². The molecule has 2 bridgehead atoms. The molecule has 2 aliphatic heterocycles. The van der Waals surface area contributed by atoms with Gasteiger partial charge in [-0.3, -0.25) is 9.59 Å². The van der Waals surface area contributed by atoms with Gasteiger partial charge in [-0.25, -0.2) is 0 Å². The summed E-state index contributed by atoms with van der Waals surface area (Å²) in [4.78, 5) is 24.0. The quantitative estimate of drug-likeness (QED) is 0.691. The van der Waals surface area contributed by atoms with Crippen LogP contribution in [0.4, 0.5) is 0 Å². The number of carboxylic acid groups (broad SMARTS) is 2. The summed E-state index contributed by atoms with van der Waals surface area (Å²) >= 11 is 0. The maximum absolute atomic E-state index is 12.2. The molecule has 5 aliphatic rings. The van der Waals surface area contributed by atoms with Crippen LogP contribution in [0, 0.1) is 34.0 Å². The molecule has 5 rings (SSSR count). The maximum Gasteiger partial charge on any atom is 0.309 e. The molecule has 3 fully saturated rings.